The van der Waals surface area contributed by atoms with Gasteiger partial charge in [0.15, 0.2) is 0 Å². The molecule has 3 N–H and O–H groups in total. The summed E-state index contributed by atoms with van der Waals surface area (Å²) in [4.78, 5) is 13.8. The molecule has 0 bridgehead atoms. The lowest BCUT2D eigenvalue weighted by Crippen LogP contribution is -2.43. The van der Waals surface area contributed by atoms with Crippen molar-refractivity contribution in [2.24, 2.45) is 5.84 Å². The zero-order valence-electron chi connectivity index (χ0n) is 10.5. The zero-order valence-corrected chi connectivity index (χ0v) is 10.5. The molecule has 5 nitrogen and oxygen atoms in total. The summed E-state index contributed by atoms with van der Waals surface area (Å²) >= 11 is 0. The number of carbonyl (C=O) groups excluding carboxylic acids is 1. The lowest BCUT2D eigenvalue weighted by atomic mass is 10.0. The van der Waals surface area contributed by atoms with E-state index < -0.39 is 6.04 Å². The van der Waals surface area contributed by atoms with Gasteiger partial charge in [0, 0.05) is 13.0 Å². The van der Waals surface area contributed by atoms with Crippen LogP contribution in [0, 0.1) is 11.3 Å². The second kappa shape index (κ2) is 7.43. The van der Waals surface area contributed by atoms with Crippen molar-refractivity contribution in [3.8, 4) is 6.07 Å². The second-order valence-electron chi connectivity index (χ2n) is 3.86. The van der Waals surface area contributed by atoms with Gasteiger partial charge in [-0.05, 0) is 12.1 Å². The molecule has 0 aromatic heterocycles. The number of hydrazine groups is 1. The van der Waals surface area contributed by atoms with E-state index in [1.165, 1.54) is 0 Å². The first-order valence-electron chi connectivity index (χ1n) is 5.91. The third kappa shape index (κ3) is 3.55. The Bertz CT molecular complexity index is 413. The summed E-state index contributed by atoms with van der Waals surface area (Å²) < 4.78 is 0. The largest absolute Gasteiger partial charge is 0.293 e. The smallest absolute Gasteiger partial charge is 0.255 e. The Morgan fingerprint density at radius 1 is 1.50 bits per heavy atom. The Hall–Kier alpha value is -1.90. The van der Waals surface area contributed by atoms with Crippen LogP contribution in [0.4, 0.5) is 0 Å². The normalized spacial score (nSPS) is 11.9. The van der Waals surface area contributed by atoms with Crippen LogP contribution in [-0.4, -0.2) is 23.9 Å². The molecule has 0 radical (unpaired) electrons. The Kier molecular flexibility index (Phi) is 5.85. The molecule has 0 spiro atoms. The second-order valence-corrected chi connectivity index (χ2v) is 3.86. The van der Waals surface area contributed by atoms with Crippen molar-refractivity contribution in [2.75, 3.05) is 13.1 Å². The molecule has 5 heteroatoms. The molecule has 0 saturated heterocycles. The lowest BCUT2D eigenvalue weighted by molar-refractivity contribution is -0.126. The van der Waals surface area contributed by atoms with E-state index in [1.807, 2.05) is 42.2 Å². The van der Waals surface area contributed by atoms with E-state index in [0.29, 0.717) is 19.5 Å². The molecule has 0 heterocycles. The van der Waals surface area contributed by atoms with E-state index >= 15 is 0 Å². The van der Waals surface area contributed by atoms with Crippen molar-refractivity contribution in [2.45, 2.75) is 19.4 Å². The highest BCUT2D eigenvalue weighted by Gasteiger charge is 2.25. The van der Waals surface area contributed by atoms with Crippen LogP contribution >= 0.6 is 0 Å². The quantitative estimate of drug-likeness (QED) is 0.445. The molecule has 1 rings (SSSR count). The highest BCUT2D eigenvalue weighted by Crippen LogP contribution is 2.20. The number of rotatable bonds is 6. The van der Waals surface area contributed by atoms with Crippen molar-refractivity contribution in [1.29, 1.82) is 5.26 Å². The Morgan fingerprint density at radius 3 is 2.67 bits per heavy atom. The molecule has 0 aliphatic carbocycles. The summed E-state index contributed by atoms with van der Waals surface area (Å²) in [6.45, 7) is 3.17. The van der Waals surface area contributed by atoms with E-state index in [0.717, 1.165) is 5.56 Å². The maximum absolute atomic E-state index is 11.9. The van der Waals surface area contributed by atoms with Gasteiger partial charge in [-0.15, -0.1) is 0 Å². The van der Waals surface area contributed by atoms with Crippen molar-refractivity contribution in [1.82, 2.24) is 10.3 Å². The van der Waals surface area contributed by atoms with Crippen LogP contribution in [0.15, 0.2) is 30.3 Å². The summed E-state index contributed by atoms with van der Waals surface area (Å²) in [5.41, 5.74) is 3.07. The van der Waals surface area contributed by atoms with Gasteiger partial charge >= 0.3 is 0 Å². The third-order valence-corrected chi connectivity index (χ3v) is 2.79. The first-order valence-corrected chi connectivity index (χ1v) is 5.91. The molecule has 1 amide bonds. The number of hydrogen-bond acceptors (Lipinski definition) is 4. The Balaban J connectivity index is 2.97. The van der Waals surface area contributed by atoms with Gasteiger partial charge in [-0.3, -0.25) is 15.1 Å². The predicted octanol–water partition coefficient (Wildman–Crippen LogP) is 0.953. The van der Waals surface area contributed by atoms with Crippen LogP contribution in [0.3, 0.4) is 0 Å². The summed E-state index contributed by atoms with van der Waals surface area (Å²) in [5.74, 6) is 4.98. The fourth-order valence-electron chi connectivity index (χ4n) is 1.91. The van der Waals surface area contributed by atoms with Crippen LogP contribution in [0.25, 0.3) is 0 Å². The Morgan fingerprint density at radius 2 is 2.17 bits per heavy atom. The summed E-state index contributed by atoms with van der Waals surface area (Å²) in [5, 5.41) is 8.66. The molecule has 1 aromatic carbocycles. The first-order chi connectivity index (χ1) is 8.74. The molecule has 1 unspecified atom stereocenters. The van der Waals surface area contributed by atoms with Gasteiger partial charge in [-0.2, -0.15) is 5.26 Å². The van der Waals surface area contributed by atoms with Crippen molar-refractivity contribution >= 4 is 5.91 Å². The lowest BCUT2D eigenvalue weighted by Gasteiger charge is -2.28. The topological polar surface area (TPSA) is 82.2 Å². The number of carbonyl (C=O) groups is 1. The van der Waals surface area contributed by atoms with Gasteiger partial charge in [0.2, 0.25) is 0 Å². The fourth-order valence-corrected chi connectivity index (χ4v) is 1.91. The molecule has 18 heavy (non-hydrogen) atoms. The number of nitriles is 1. The standard InChI is InChI=1S/C13H18N4O/c1-2-17(10-6-9-14)12(13(18)16-15)11-7-4-3-5-8-11/h3-5,7-8,12H,2,6,10,15H2,1H3,(H,16,18). The average molecular weight is 246 g/mol. The zero-order chi connectivity index (χ0) is 13.4. The summed E-state index contributed by atoms with van der Waals surface area (Å²) in [6.07, 6.45) is 0.384. The molecule has 1 aromatic rings. The van der Waals surface area contributed by atoms with Gasteiger partial charge in [0.05, 0.1) is 6.07 Å². The van der Waals surface area contributed by atoms with Crippen LogP contribution in [-0.2, 0) is 4.79 Å². The van der Waals surface area contributed by atoms with Gasteiger partial charge < -0.3 is 0 Å². The van der Waals surface area contributed by atoms with E-state index in [-0.39, 0.29) is 5.91 Å². The van der Waals surface area contributed by atoms with Crippen LogP contribution in [0.1, 0.15) is 24.9 Å². The van der Waals surface area contributed by atoms with Crippen LogP contribution < -0.4 is 11.3 Å². The SMILES string of the molecule is CCN(CCC#N)C(C(=O)NN)c1ccccc1. The van der Waals surface area contributed by atoms with Crippen LogP contribution in [0.2, 0.25) is 0 Å². The number of nitrogens with one attached hydrogen (secondary N) is 1. The van der Waals surface area contributed by atoms with Gasteiger partial charge in [-0.25, -0.2) is 5.84 Å². The molecule has 96 valence electrons. The van der Waals surface area contributed by atoms with Crippen molar-refractivity contribution in [3.05, 3.63) is 35.9 Å². The average Bonchev–Trinajstić information content (AvgIpc) is 2.43. The number of amides is 1. The number of likely N-dealkylation sites (N-methyl/N-ethyl adjacent to an activating group) is 1. The van der Waals surface area contributed by atoms with E-state index in [4.69, 9.17) is 11.1 Å². The minimum atomic E-state index is -0.449. The molecular weight excluding hydrogens is 228 g/mol. The molecule has 1 atom stereocenters. The van der Waals surface area contributed by atoms with Crippen LogP contribution in [0.5, 0.6) is 0 Å². The van der Waals surface area contributed by atoms with Gasteiger partial charge in [0.25, 0.3) is 5.91 Å². The van der Waals surface area contributed by atoms with Crippen molar-refractivity contribution < 1.29 is 4.79 Å². The first kappa shape index (κ1) is 14.2. The minimum absolute atomic E-state index is 0.263. The molecule has 0 aliphatic heterocycles. The maximum Gasteiger partial charge on any atom is 0.255 e. The summed E-state index contributed by atoms with van der Waals surface area (Å²) in [7, 11) is 0. The summed E-state index contributed by atoms with van der Waals surface area (Å²) in [6, 6.07) is 11.1. The van der Waals surface area contributed by atoms with E-state index in [2.05, 4.69) is 11.5 Å². The monoisotopic (exact) mass is 246 g/mol. The van der Waals surface area contributed by atoms with Crippen molar-refractivity contribution in [3.63, 3.8) is 0 Å². The van der Waals surface area contributed by atoms with E-state index in [9.17, 15) is 4.79 Å². The Labute approximate surface area is 107 Å². The number of nitrogens with zero attached hydrogens (tertiary/aromatic N) is 2. The molecular formula is C13H18N4O. The number of hydrogen-bond donors (Lipinski definition) is 2. The third-order valence-electron chi connectivity index (χ3n) is 2.79. The predicted molar refractivity (Wildman–Crippen MR) is 69.0 cm³/mol. The number of nitrogens with two attached hydrogens (primary N) is 1. The van der Waals surface area contributed by atoms with Gasteiger partial charge in [0.1, 0.15) is 6.04 Å². The highest BCUT2D eigenvalue weighted by atomic mass is 16.2. The fraction of sp³-hybridized carbons (Fsp3) is 0.385. The maximum atomic E-state index is 11.9. The molecule has 0 aliphatic rings. The minimum Gasteiger partial charge on any atom is -0.293 e. The van der Waals surface area contributed by atoms with Gasteiger partial charge in [-0.1, -0.05) is 37.3 Å². The number of benzene rings is 1. The molecule has 0 saturated carbocycles. The molecule has 0 fully saturated rings. The van der Waals surface area contributed by atoms with E-state index in [1.54, 1.807) is 0 Å². The highest BCUT2D eigenvalue weighted by molar-refractivity contribution is 5.82.